The van der Waals surface area contributed by atoms with Gasteiger partial charge in [0.1, 0.15) is 149 Å². The van der Waals surface area contributed by atoms with E-state index in [2.05, 4.69) is 160 Å². The molecule has 47 nitrogen and oxygen atoms in total. The first-order valence-electron chi connectivity index (χ1n) is 44.8. The summed E-state index contributed by atoms with van der Waals surface area (Å²) in [5.74, 6) is 0.181. The van der Waals surface area contributed by atoms with Gasteiger partial charge in [0.2, 0.25) is 0 Å². The molecule has 18 heterocycles. The number of hydrogen-bond donors (Lipinski definition) is 13. The van der Waals surface area contributed by atoms with Crippen LogP contribution in [-0.4, -0.2) is 200 Å². The molecule has 148 heavy (non-hydrogen) atoms. The molecule has 7 aromatic carbocycles. The van der Waals surface area contributed by atoms with Gasteiger partial charge < -0.3 is 61.2 Å². The molecule has 0 radical (unpaired) electrons. The molecule has 25 rings (SSSR count). The Bertz CT molecular complexity index is 8870. The number of rotatable bonds is 10. The molecule has 25 aromatic rings. The van der Waals surface area contributed by atoms with E-state index in [4.69, 9.17) is 51.0 Å². The Hall–Kier alpha value is -20.4. The van der Waals surface area contributed by atoms with Gasteiger partial charge in [0.05, 0.1) is 72.2 Å². The van der Waals surface area contributed by atoms with E-state index >= 15 is 0 Å². The number of anilines is 8. The van der Waals surface area contributed by atoms with Crippen LogP contribution in [0.5, 0.6) is 11.5 Å². The maximum Gasteiger partial charge on any atom is 0.165 e. The van der Waals surface area contributed by atoms with Crippen molar-refractivity contribution in [2.75, 3.05) is 52.5 Å². The van der Waals surface area contributed by atoms with Gasteiger partial charge in [0.25, 0.3) is 0 Å². The molecule has 0 amide bonds. The van der Waals surface area contributed by atoms with Crippen LogP contribution in [0.2, 0.25) is 0 Å². The number of halogens is 4. The lowest BCUT2D eigenvalue weighted by Gasteiger charge is -2.01. The smallest absolute Gasteiger partial charge is 0.165 e. The second-order valence-electron chi connectivity index (χ2n) is 33.3. The first-order valence-corrected chi connectivity index (χ1v) is 44.8. The van der Waals surface area contributed by atoms with Crippen LogP contribution in [-0.2, 0) is 62.8 Å². The highest BCUT2D eigenvalue weighted by atomic mass is 19.1. The zero-order chi connectivity index (χ0) is 104. The first-order chi connectivity index (χ1) is 71.3. The Kier molecular flexibility index (Phi) is 27.1. The number of hydrogen-bond acceptors (Lipinski definition) is 37. The fourth-order valence-corrected chi connectivity index (χ4v) is 16.5. The van der Waals surface area contributed by atoms with Gasteiger partial charge >= 0.3 is 0 Å². The number of phenols is 2. The topological polar surface area (TPSA) is 675 Å². The molecular weight excluding hydrogens is 1910 g/mol. The SMILES string of the molecule is Cc1ccc(-c2nn(C)c3ncnc(N)c23)cc1F.Cc1cccc(-c2nn(C)c3ncnc(N)c23)c1.Cn1nc(-c2ccc(F)c(O)c2)c2c(N)ncnc21.Cn1nc(-c2ccc(O)c(F)c2)c2c(N)ncnc21.Cn1nc(-c2ccc3cn[nH]c3c2)c2c(N)ncnc21.Cn1nc(-c2cccc(F)c2)c2c(N)ncnc21.Cn1nc(-c2cccc3[nH]ncc23)c2c(N)ncnc21.Cn1nc(CCCO)c2c(N)ncnc21. The molecule has 0 saturated carbocycles. The maximum atomic E-state index is 13.7. The van der Waals surface area contributed by atoms with Crippen LogP contribution in [0.3, 0.4) is 0 Å². The second-order valence-corrected chi connectivity index (χ2v) is 33.3. The number of nitrogens with zero attached hydrogens (tertiary/aromatic N) is 34. The number of aromatic hydroxyl groups is 2. The largest absolute Gasteiger partial charge is 0.505 e. The number of phenolic OH excluding ortho intramolecular Hbond substituents is 2. The number of aliphatic hydroxyl groups is 1. The summed E-state index contributed by atoms with van der Waals surface area (Å²) in [6.07, 6.45) is 16.2. The summed E-state index contributed by atoms with van der Waals surface area (Å²) in [5, 5.41) is 84.2. The highest BCUT2D eigenvalue weighted by Gasteiger charge is 2.26. The monoisotopic (exact) mass is 1990 g/mol. The number of aromatic amines is 2. The maximum absolute atomic E-state index is 13.7. The van der Waals surface area contributed by atoms with Crippen LogP contribution in [0.1, 0.15) is 23.2 Å². The number of aryl methyl sites for hydroxylation is 11. The van der Waals surface area contributed by atoms with Crippen molar-refractivity contribution in [1.82, 2.24) is 178 Å². The van der Waals surface area contributed by atoms with Gasteiger partial charge in [-0.3, -0.25) is 14.9 Å². The van der Waals surface area contributed by atoms with Crippen LogP contribution >= 0.6 is 0 Å². The van der Waals surface area contributed by atoms with Crippen molar-refractivity contribution in [3.05, 3.63) is 243 Å². The van der Waals surface area contributed by atoms with Crippen molar-refractivity contribution >= 4 is 157 Å². The number of aromatic nitrogens is 36. The molecule has 0 unspecified atom stereocenters. The molecule has 0 atom stereocenters. The van der Waals surface area contributed by atoms with Crippen LogP contribution in [0.4, 0.5) is 64.1 Å². The lowest BCUT2D eigenvalue weighted by atomic mass is 10.1. The fourth-order valence-electron chi connectivity index (χ4n) is 16.5. The van der Waals surface area contributed by atoms with E-state index < -0.39 is 23.1 Å². The summed E-state index contributed by atoms with van der Waals surface area (Å²) in [6, 6.07) is 39.2. The number of H-pyrrole nitrogens is 2. The number of nitrogen functional groups attached to an aromatic ring is 8. The fraction of sp³-hybridized carbons (Fsp3) is 0.134. The molecule has 0 aliphatic rings. The summed E-state index contributed by atoms with van der Waals surface area (Å²) in [6.45, 7) is 3.91. The minimum Gasteiger partial charge on any atom is -0.505 e. The molecular formula is C97H90F4N44O3. The third kappa shape index (κ3) is 19.3. The Balaban J connectivity index is 0.000000111. The normalized spacial score (nSPS) is 11.2. The van der Waals surface area contributed by atoms with E-state index in [1.165, 1.54) is 105 Å². The van der Waals surface area contributed by atoms with Crippen LogP contribution in [0, 0.1) is 37.1 Å². The van der Waals surface area contributed by atoms with Gasteiger partial charge in [-0.2, -0.15) is 51.0 Å². The van der Waals surface area contributed by atoms with E-state index in [1.54, 1.807) is 109 Å². The molecule has 0 aliphatic carbocycles. The Morgan fingerprint density at radius 3 is 1.05 bits per heavy atom. The molecule has 0 spiro atoms. The highest BCUT2D eigenvalue weighted by Crippen LogP contribution is 2.40. The third-order valence-electron chi connectivity index (χ3n) is 23.6. The lowest BCUT2D eigenvalue weighted by Crippen LogP contribution is -1.95. The van der Waals surface area contributed by atoms with Crippen molar-refractivity contribution in [3.8, 4) is 90.3 Å². The van der Waals surface area contributed by atoms with Gasteiger partial charge in [0.15, 0.2) is 68.3 Å². The van der Waals surface area contributed by atoms with E-state index in [0.29, 0.717) is 148 Å². The molecule has 18 aromatic heterocycles. The van der Waals surface area contributed by atoms with Gasteiger partial charge in [-0.25, -0.2) is 130 Å². The number of benzene rings is 7. The molecule has 0 fully saturated rings. The van der Waals surface area contributed by atoms with Crippen molar-refractivity contribution < 1.29 is 32.9 Å². The van der Waals surface area contributed by atoms with Gasteiger partial charge in [0, 0.05) is 113 Å². The zero-order valence-corrected chi connectivity index (χ0v) is 80.4. The predicted octanol–water partition coefficient (Wildman–Crippen LogP) is 11.5. The van der Waals surface area contributed by atoms with E-state index in [-0.39, 0.29) is 29.9 Å². The Morgan fingerprint density at radius 2 is 0.635 bits per heavy atom. The average molecular weight is 2000 g/mol. The van der Waals surface area contributed by atoms with Crippen LogP contribution in [0.15, 0.2) is 203 Å². The Labute approximate surface area is 832 Å². The van der Waals surface area contributed by atoms with Crippen LogP contribution < -0.4 is 45.9 Å². The van der Waals surface area contributed by atoms with Crippen molar-refractivity contribution in [1.29, 1.82) is 0 Å². The molecule has 51 heteroatoms. The van der Waals surface area contributed by atoms with Crippen molar-refractivity contribution in [3.63, 3.8) is 0 Å². The lowest BCUT2D eigenvalue weighted by molar-refractivity contribution is 0.288. The van der Waals surface area contributed by atoms with E-state index in [0.717, 1.165) is 99.8 Å². The summed E-state index contributed by atoms with van der Waals surface area (Å²) in [7, 11) is 14.3. The Morgan fingerprint density at radius 1 is 0.297 bits per heavy atom. The van der Waals surface area contributed by atoms with Gasteiger partial charge in [-0.15, -0.1) is 0 Å². The molecule has 0 saturated heterocycles. The molecule has 0 aliphatic heterocycles. The van der Waals surface area contributed by atoms with Crippen molar-refractivity contribution in [2.45, 2.75) is 26.7 Å². The average Bonchev–Trinajstić information content (AvgIpc) is 1.61. The summed E-state index contributed by atoms with van der Waals surface area (Å²) >= 11 is 0. The quantitative estimate of drug-likeness (QED) is 0.0566. The predicted molar refractivity (Wildman–Crippen MR) is 551 cm³/mol. The number of fused-ring (bicyclic) bond motifs is 10. The van der Waals surface area contributed by atoms with Crippen molar-refractivity contribution in [2.24, 2.45) is 56.4 Å². The van der Waals surface area contributed by atoms with Gasteiger partial charge in [-0.1, -0.05) is 72.3 Å². The zero-order valence-electron chi connectivity index (χ0n) is 80.4. The first kappa shape index (κ1) is 97.8. The molecule has 744 valence electrons. The second kappa shape index (κ2) is 41.0. The highest BCUT2D eigenvalue weighted by molar-refractivity contribution is 6.07. The van der Waals surface area contributed by atoms with E-state index in [9.17, 15) is 27.8 Å². The standard InChI is InChI=1S/C13H12FN5.2C13H11N7.C13H13N5.2C12H10FN5O.C12H10FN5.C9H13N5O/c1-7-3-4-8(5-9(7)14)11-10-12(15)16-6-17-13(10)19(2)18-11;1-20-13-10(12(14)15-6-16-13)11(19-20)7-2-3-8-5-17-18-9(8)4-7;1-20-13-10(12(14)15-6-16-13)11(19-20)7-3-2-4-9-8(7)5-17-18-9;1-8-4-3-5-9(6-8)11-10-12(14)15-7-16-13(10)18(2)17-11;1-18-12-9(11(14)15-5-16-12)10(17-18)6-2-3-8(19)7(13)4-6;1-18-12-9(11(14)15-5-16-12)10(17-18)6-2-3-7(13)8(19)4-6;1-18-12-9(11(14)15-6-16-12)10(17-18)7-3-2-4-8(13)5-7;1-14-9-7(8(10)11-5-12-9)6(13-14)3-2-4-15/h3-6H,1-2H3,(H2,15,16,17);2*2-6H,1H3,(H,17,18)(H2,14,15,16);3-7H,1-2H3,(H2,14,15,16);2*2-5,19H,1H3,(H2,14,15,16);2-6H,1H3,(H2,14,15,16);5,15H,2-4H2,1H3,(H2,10,11,12). The van der Waals surface area contributed by atoms with Gasteiger partial charge in [-0.05, 0) is 105 Å². The number of aliphatic hydroxyl groups excluding tert-OH is 1. The number of nitrogens with one attached hydrogen (secondary N) is 2. The molecule has 21 N–H and O–H groups in total. The summed E-state index contributed by atoms with van der Waals surface area (Å²) in [5.41, 5.74) is 66.8. The van der Waals surface area contributed by atoms with Crippen LogP contribution in [0.25, 0.3) is 189 Å². The minimum absolute atomic E-state index is 0.145. The van der Waals surface area contributed by atoms with E-state index in [1.807, 2.05) is 82.8 Å². The summed E-state index contributed by atoms with van der Waals surface area (Å²) < 4.78 is 66.6. The number of nitrogens with two attached hydrogens (primary N) is 8. The summed E-state index contributed by atoms with van der Waals surface area (Å²) in [4.78, 5) is 65.1. The third-order valence-corrected chi connectivity index (χ3v) is 23.6. The molecule has 0 bridgehead atoms. The minimum atomic E-state index is -0.716.